The third-order valence-electron chi connectivity index (χ3n) is 17.6. The first-order valence-corrected chi connectivity index (χ1v) is 80.0. The predicted molar refractivity (Wildman–Crippen MR) is 509 cm³/mol. The van der Waals surface area contributed by atoms with E-state index in [0.29, 0.717) is 41.5 Å². The second-order valence-electron chi connectivity index (χ2n) is 34.8. The largest absolute Gasteiger partial charge is 0.515 e. The molecule has 0 atom stereocenters. The zero-order valence-electron chi connectivity index (χ0n) is 72.2. The molecule has 0 aromatic heterocycles. The van der Waals surface area contributed by atoms with Crippen LogP contribution < -0.4 is 41.5 Å². The molecule has 4 heterocycles. The molecule has 0 N–H and O–H groups in total. The molecular weight excluding hydrogens is 1690 g/mol. The van der Waals surface area contributed by atoms with Crippen LogP contribution in [0.15, 0.2) is 255 Å². The topological polar surface area (TPSA) is 148 Å². The molecule has 32 heteroatoms. The van der Waals surface area contributed by atoms with Crippen molar-refractivity contribution < 1.29 is 65.8 Å². The fourth-order valence-corrected chi connectivity index (χ4v) is 86.9. The summed E-state index contributed by atoms with van der Waals surface area (Å²) in [6, 6.07) is 82.3. The third-order valence-corrected chi connectivity index (χ3v) is 76.4. The highest BCUT2D eigenvalue weighted by Crippen LogP contribution is 2.45. The van der Waals surface area contributed by atoms with Gasteiger partial charge < -0.3 is 65.8 Å². The summed E-state index contributed by atoms with van der Waals surface area (Å²) in [5.74, 6) is 0. The van der Waals surface area contributed by atoms with Crippen molar-refractivity contribution in [2.75, 3.05) is 0 Å². The maximum absolute atomic E-state index is 8.78. The van der Waals surface area contributed by atoms with Crippen LogP contribution in [0.3, 0.4) is 0 Å². The number of benzene rings is 8. The summed E-state index contributed by atoms with van der Waals surface area (Å²) >= 11 is 0. The fraction of sp³-hybridized carbons (Fsp3) is 0.390. The van der Waals surface area contributed by atoms with Crippen LogP contribution in [0.1, 0.15) is 61.3 Å². The summed E-state index contributed by atoms with van der Waals surface area (Å²) in [6.07, 6.45) is 3.78. The summed E-state index contributed by atoms with van der Waals surface area (Å²) in [5, 5.41) is 4.46. The summed E-state index contributed by atoms with van der Waals surface area (Å²) < 4.78 is 131. The molecule has 0 amide bonds. The Morgan fingerprint density at radius 1 is 0.254 bits per heavy atom. The molecule has 622 valence electrons. The predicted octanol–water partition coefficient (Wildman–Crippen LogP) is 17.8. The summed E-state index contributed by atoms with van der Waals surface area (Å²) in [7, 11) is -57.5. The molecule has 0 radical (unpaired) electrons. The first-order chi connectivity index (χ1) is 52.9. The second-order valence-corrected chi connectivity index (χ2v) is 94.0. The minimum Gasteiger partial charge on any atom is -0.455 e. The Labute approximate surface area is 703 Å². The van der Waals surface area contributed by atoms with Gasteiger partial charge in [0.15, 0.2) is 66.5 Å². The first kappa shape index (κ1) is 97.5. The number of rotatable bonds is 27. The van der Waals surface area contributed by atoms with Crippen LogP contribution in [-0.4, -0.2) is 137 Å². The van der Waals surface area contributed by atoms with Gasteiger partial charge in [0.25, 0.3) is 0 Å². The van der Waals surface area contributed by atoms with Gasteiger partial charge in [0.1, 0.15) is 0 Å². The minimum atomic E-state index is -5.23. The molecule has 12 rings (SSSR count). The Morgan fingerprint density at radius 2 is 0.412 bits per heavy atom. The van der Waals surface area contributed by atoms with Gasteiger partial charge >= 0.3 is 70.4 Å². The molecule has 0 aliphatic carbocycles. The molecule has 8 aromatic rings. The Morgan fingerprint density at radius 3 is 0.561 bits per heavy atom. The van der Waals surface area contributed by atoms with Crippen LogP contribution in [0.4, 0.5) is 0 Å². The molecule has 4 bridgehead atoms. The average molecular weight is 1830 g/mol. The van der Waals surface area contributed by atoms with E-state index in [1.165, 1.54) is 37.4 Å². The van der Waals surface area contributed by atoms with E-state index < -0.39 is 137 Å². The van der Waals surface area contributed by atoms with Gasteiger partial charge in [0.2, 0.25) is 0 Å². The van der Waals surface area contributed by atoms with Crippen molar-refractivity contribution in [3.8, 4) is 0 Å². The monoisotopic (exact) mass is 1820 g/mol. The molecule has 0 spiro atoms. The molecule has 4 aliphatic rings. The highest BCUT2D eigenvalue weighted by atomic mass is 28.6. The number of fused-ring (bicyclic) bond motifs is 4. The van der Waals surface area contributed by atoms with Gasteiger partial charge in [-0.2, -0.15) is 0 Å². The van der Waals surface area contributed by atoms with E-state index in [1.807, 2.05) is 262 Å². The maximum Gasteiger partial charge on any atom is 0.515 e. The smallest absolute Gasteiger partial charge is 0.455 e. The Balaban J connectivity index is 0.000000550. The lowest BCUT2D eigenvalue weighted by atomic mass is 10.4. The van der Waals surface area contributed by atoms with E-state index >= 15 is 0 Å². The van der Waals surface area contributed by atoms with Crippen molar-refractivity contribution >= 4 is 178 Å². The van der Waals surface area contributed by atoms with E-state index in [4.69, 9.17) is 65.8 Å². The van der Waals surface area contributed by atoms with E-state index in [2.05, 4.69) is 158 Å². The van der Waals surface area contributed by atoms with Crippen molar-refractivity contribution in [3.05, 3.63) is 255 Å². The van der Waals surface area contributed by atoms with Gasteiger partial charge in [0, 0.05) is 41.5 Å². The van der Waals surface area contributed by atoms with Crippen molar-refractivity contribution in [2.24, 2.45) is 0 Å². The lowest BCUT2D eigenvalue weighted by molar-refractivity contribution is 0.0483. The van der Waals surface area contributed by atoms with Crippen molar-refractivity contribution in [2.45, 2.75) is 210 Å². The summed E-state index contributed by atoms with van der Waals surface area (Å²) in [6.45, 7) is 58.5. The van der Waals surface area contributed by atoms with Crippen molar-refractivity contribution in [1.82, 2.24) is 0 Å². The normalized spacial score (nSPS) is 25.0. The van der Waals surface area contributed by atoms with Gasteiger partial charge in [0.05, 0.1) is 0 Å². The number of hydrogen-bond acceptors (Lipinski definition) is 16. The van der Waals surface area contributed by atoms with Crippen LogP contribution in [0.2, 0.25) is 149 Å². The Bertz CT molecular complexity index is 3700. The van der Waals surface area contributed by atoms with Gasteiger partial charge in [-0.25, -0.2) is 0 Å². The SMILES string of the molecule is C.C=C[Si](C)(C)O[Si](C)(C)CCC.CC.CCC[Si](C)(C)O[Si](C)(C)CCC.C[Si](C)(C)O[Si]1(c2ccccc2)O[Si]2(c3ccccc3)O[Si](O[Si](C)(C)C)(c3ccccc3)O[Si](c3ccccc3)(O1)O[Si]1(c3ccccc3)O[Si](O[Si](C)(C)C)(c3ccccc3)O[Si](c3ccccc3)(O[Si](O[Si](C)(C)C)(c3ccccc3)O1)O2. The van der Waals surface area contributed by atoms with Crippen LogP contribution in [0, 0.1) is 0 Å². The molecule has 4 saturated heterocycles. The fourth-order valence-electron chi connectivity index (χ4n) is 13.9. The van der Waals surface area contributed by atoms with Gasteiger partial charge in [-0.05, 0) is 149 Å². The van der Waals surface area contributed by atoms with Crippen molar-refractivity contribution in [1.29, 1.82) is 0 Å². The van der Waals surface area contributed by atoms with E-state index in [9.17, 15) is 0 Å². The first-order valence-electron chi connectivity index (χ1n) is 40.2. The van der Waals surface area contributed by atoms with Gasteiger partial charge in [-0.1, -0.05) is 310 Å². The Kier molecular flexibility index (Phi) is 34.1. The number of hydrogen-bond donors (Lipinski definition) is 0. The van der Waals surface area contributed by atoms with Gasteiger partial charge in [-0.3, -0.25) is 0 Å². The lowest BCUT2D eigenvalue weighted by Crippen LogP contribution is -2.91. The molecular formula is C82H134O16Si16. The molecule has 0 saturated carbocycles. The molecule has 4 fully saturated rings. The van der Waals surface area contributed by atoms with E-state index in [-0.39, 0.29) is 7.43 Å². The highest BCUT2D eigenvalue weighted by molar-refractivity contribution is 7.11. The van der Waals surface area contributed by atoms with Crippen molar-refractivity contribution in [3.63, 3.8) is 0 Å². The average Bonchev–Trinajstić information content (AvgIpc) is 0.685. The molecule has 16 nitrogen and oxygen atoms in total. The van der Waals surface area contributed by atoms with Crippen LogP contribution in [0.25, 0.3) is 0 Å². The summed E-state index contributed by atoms with van der Waals surface area (Å²) in [4.78, 5) is 0. The van der Waals surface area contributed by atoms with Gasteiger partial charge in [-0.15, -0.1) is 6.58 Å². The van der Waals surface area contributed by atoms with Crippen LogP contribution in [-0.2, 0) is 65.8 Å². The van der Waals surface area contributed by atoms with E-state index in [1.54, 1.807) is 0 Å². The second kappa shape index (κ2) is 39.9. The minimum absolute atomic E-state index is 0. The Hall–Kier alpha value is -3.67. The van der Waals surface area contributed by atoms with E-state index in [0.717, 1.165) is 0 Å². The molecule has 114 heavy (non-hydrogen) atoms. The summed E-state index contributed by atoms with van der Waals surface area (Å²) in [5.41, 5.74) is 2.03. The zero-order chi connectivity index (χ0) is 83.2. The molecule has 8 aromatic carbocycles. The maximum atomic E-state index is 8.78. The standard InChI is InChI=1S/C60H76O14Si12.C10H26OSi2.C9H22OSi2.C2H6.CH4/c1-75(2,3)61-79(53-37-21-13-22-38-53)65-83(57-45-29-17-30-46-57)67-80(62-76(4,5)6,54-39-23-14-24-40-54)68-84(66-79,58-47-31-18-32-48-58)74-86(60-51-35-20-36-52-60)70-81(63-77(7,8)9,55-41-25-15-26-42-55)69-85(73-83,59-49-33-19-34-50-59)71-82(72-86,64-78(10,11)12)56-43-27-16-28-44-56;1-7-9-12(3,4)11-13(5,6)10-8-2;1-7-9-12(5,6)10-11(3,4)8-2;1-2;/h13-52H,1-12H3;7-10H2,1-6H3;8H,2,7,9H2,1,3-6H3;1-2H3;1H4. The van der Waals surface area contributed by atoms with Crippen LogP contribution in [0.5, 0.6) is 0 Å². The van der Waals surface area contributed by atoms with Crippen LogP contribution >= 0.6 is 0 Å². The highest BCUT2D eigenvalue weighted by Gasteiger charge is 2.81. The molecule has 4 aliphatic heterocycles. The quantitative estimate of drug-likeness (QED) is 0.0449. The molecule has 0 unspecified atom stereocenters. The zero-order valence-corrected chi connectivity index (χ0v) is 88.2. The third kappa shape index (κ3) is 25.9. The lowest BCUT2D eigenvalue weighted by Gasteiger charge is -2.58.